The number of amides is 2. The number of nitrogens with zero attached hydrogens (tertiary/aromatic N) is 3. The molecular formula is C20H18F3N5O3S. The normalized spacial score (nSPS) is 14.2. The molecule has 0 aliphatic heterocycles. The Kier molecular flexibility index (Phi) is 5.63. The Morgan fingerprint density at radius 3 is 2.62 bits per heavy atom. The molecule has 32 heavy (non-hydrogen) atoms. The first-order valence-electron chi connectivity index (χ1n) is 9.58. The van der Waals surface area contributed by atoms with Gasteiger partial charge in [0.2, 0.25) is 0 Å². The molecule has 0 saturated heterocycles. The molecule has 2 N–H and O–H groups in total. The van der Waals surface area contributed by atoms with E-state index in [1.807, 2.05) is 0 Å². The first-order valence-corrected chi connectivity index (χ1v) is 11.2. The lowest BCUT2D eigenvalue weighted by molar-refractivity contribution is -0.137. The van der Waals surface area contributed by atoms with Gasteiger partial charge in [0.25, 0.3) is 0 Å². The van der Waals surface area contributed by atoms with Crippen LogP contribution in [0.15, 0.2) is 60.1 Å². The molecule has 2 amide bonds. The van der Waals surface area contributed by atoms with Crippen molar-refractivity contribution in [2.45, 2.75) is 23.9 Å². The van der Waals surface area contributed by atoms with Crippen LogP contribution >= 0.6 is 0 Å². The summed E-state index contributed by atoms with van der Waals surface area (Å²) in [5.41, 5.74) is -0.930. The molecule has 0 atom stereocenters. The zero-order chi connectivity index (χ0) is 22.9. The summed E-state index contributed by atoms with van der Waals surface area (Å²) in [6, 6.07) is 4.58. The third-order valence-corrected chi connectivity index (χ3v) is 6.65. The van der Waals surface area contributed by atoms with Crippen LogP contribution in [0, 0.1) is 5.92 Å². The molecule has 3 aromatic rings. The first kappa shape index (κ1) is 21.8. The smallest absolute Gasteiger partial charge is 0.308 e. The molecule has 168 valence electrons. The highest BCUT2D eigenvalue weighted by Gasteiger charge is 2.31. The highest BCUT2D eigenvalue weighted by atomic mass is 32.2. The number of carbonyl (C=O) groups is 1. The maximum Gasteiger partial charge on any atom is 0.416 e. The van der Waals surface area contributed by atoms with Crippen LogP contribution < -0.4 is 10.6 Å². The van der Waals surface area contributed by atoms with Crippen molar-refractivity contribution in [2.75, 3.05) is 16.4 Å². The van der Waals surface area contributed by atoms with Crippen LogP contribution in [0.25, 0.3) is 5.82 Å². The van der Waals surface area contributed by atoms with Gasteiger partial charge in [-0.15, -0.1) is 0 Å². The number of rotatable bonds is 6. The molecule has 1 aliphatic carbocycles. The minimum atomic E-state index is -4.56. The summed E-state index contributed by atoms with van der Waals surface area (Å²) in [6.07, 6.45) is 2.80. The van der Waals surface area contributed by atoms with Gasteiger partial charge in [0, 0.05) is 24.3 Å². The fourth-order valence-corrected chi connectivity index (χ4v) is 4.70. The molecule has 0 radical (unpaired) electrons. The number of hydrogen-bond acceptors (Lipinski definition) is 5. The maximum atomic E-state index is 12.9. The quantitative estimate of drug-likeness (QED) is 0.570. The number of hydrogen-bond donors (Lipinski definition) is 2. The third-order valence-electron chi connectivity index (χ3n) is 4.80. The van der Waals surface area contributed by atoms with Crippen LogP contribution in [0.4, 0.5) is 29.3 Å². The molecule has 8 nitrogen and oxygen atoms in total. The Morgan fingerprint density at radius 1 is 1.19 bits per heavy atom. The number of imidazole rings is 1. The van der Waals surface area contributed by atoms with Crippen molar-refractivity contribution in [2.24, 2.45) is 5.92 Å². The van der Waals surface area contributed by atoms with Gasteiger partial charge in [-0.3, -0.25) is 4.57 Å². The van der Waals surface area contributed by atoms with Gasteiger partial charge in [0.15, 0.2) is 15.7 Å². The summed E-state index contributed by atoms with van der Waals surface area (Å²) < 4.78 is 65.5. The van der Waals surface area contributed by atoms with Crippen LogP contribution in [-0.4, -0.2) is 34.7 Å². The van der Waals surface area contributed by atoms with Gasteiger partial charge in [0.05, 0.1) is 21.9 Å². The van der Waals surface area contributed by atoms with E-state index in [1.54, 1.807) is 6.20 Å². The Balaban J connectivity index is 1.61. The van der Waals surface area contributed by atoms with Crippen molar-refractivity contribution in [3.05, 3.63) is 60.8 Å². The van der Waals surface area contributed by atoms with Gasteiger partial charge < -0.3 is 10.6 Å². The number of nitrogens with one attached hydrogen (secondary N) is 2. The van der Waals surface area contributed by atoms with E-state index in [4.69, 9.17) is 0 Å². The summed E-state index contributed by atoms with van der Waals surface area (Å²) >= 11 is 0. The van der Waals surface area contributed by atoms with Gasteiger partial charge in [-0.25, -0.2) is 23.2 Å². The van der Waals surface area contributed by atoms with E-state index in [-0.39, 0.29) is 33.8 Å². The van der Waals surface area contributed by atoms with Crippen LogP contribution in [0.3, 0.4) is 0 Å². The highest BCUT2D eigenvalue weighted by molar-refractivity contribution is 7.91. The lowest BCUT2D eigenvalue weighted by atomic mass is 10.2. The van der Waals surface area contributed by atoms with Crippen LogP contribution in [0.5, 0.6) is 0 Å². The second-order valence-electron chi connectivity index (χ2n) is 7.39. The van der Waals surface area contributed by atoms with Crippen LogP contribution in [-0.2, 0) is 16.0 Å². The predicted octanol–water partition coefficient (Wildman–Crippen LogP) is 4.11. The molecule has 1 aromatic carbocycles. The van der Waals surface area contributed by atoms with E-state index in [2.05, 4.69) is 20.6 Å². The fourth-order valence-electron chi connectivity index (χ4n) is 3.04. The second-order valence-corrected chi connectivity index (χ2v) is 9.43. The summed E-state index contributed by atoms with van der Waals surface area (Å²) in [5.74, 6) is 0.315. The topological polar surface area (TPSA) is 106 Å². The van der Waals surface area contributed by atoms with E-state index in [0.29, 0.717) is 0 Å². The standard InChI is InChI=1S/C20H18F3N5O3S/c21-20(22,23)14-2-1-3-15(8-14)26-19(29)27-17-9-16(32(30,31)11-13-4-5-13)10-25-18(17)28-7-6-24-12-28/h1-3,6-10,12-13H,4-5,11H2,(H2,26,27,29). The van der Waals surface area contributed by atoms with Crippen molar-refractivity contribution < 1.29 is 26.4 Å². The zero-order valence-electron chi connectivity index (χ0n) is 16.5. The average molecular weight is 465 g/mol. The van der Waals surface area contributed by atoms with E-state index in [1.165, 1.54) is 41.5 Å². The number of carbonyl (C=O) groups excluding carboxylic acids is 1. The van der Waals surface area contributed by atoms with Crippen molar-refractivity contribution in [1.82, 2.24) is 14.5 Å². The SMILES string of the molecule is O=C(Nc1cccc(C(F)(F)F)c1)Nc1cc(S(=O)(=O)CC2CC2)cnc1-n1ccnc1. The van der Waals surface area contributed by atoms with E-state index >= 15 is 0 Å². The Bertz CT molecular complexity index is 1240. The molecule has 1 saturated carbocycles. The van der Waals surface area contributed by atoms with Gasteiger partial charge in [-0.2, -0.15) is 13.2 Å². The van der Waals surface area contributed by atoms with E-state index in [9.17, 15) is 26.4 Å². The predicted molar refractivity (Wildman–Crippen MR) is 110 cm³/mol. The number of halogens is 3. The molecule has 4 rings (SSSR count). The summed E-state index contributed by atoms with van der Waals surface area (Å²) in [7, 11) is -3.61. The molecule has 1 aliphatic rings. The average Bonchev–Trinajstić information content (AvgIpc) is 3.35. The van der Waals surface area contributed by atoms with E-state index < -0.39 is 27.6 Å². The molecule has 0 bridgehead atoms. The number of sulfone groups is 1. The number of anilines is 2. The highest BCUT2D eigenvalue weighted by Crippen LogP contribution is 2.33. The van der Waals surface area contributed by atoms with Gasteiger partial charge in [-0.05, 0) is 43.0 Å². The minimum absolute atomic E-state index is 0.00499. The number of alkyl halides is 3. The number of benzene rings is 1. The minimum Gasteiger partial charge on any atom is -0.308 e. The van der Waals surface area contributed by atoms with Crippen LogP contribution in [0.1, 0.15) is 18.4 Å². The van der Waals surface area contributed by atoms with Crippen molar-refractivity contribution >= 4 is 27.2 Å². The lowest BCUT2D eigenvalue weighted by Crippen LogP contribution is -2.21. The first-order chi connectivity index (χ1) is 15.1. The largest absolute Gasteiger partial charge is 0.416 e. The molecule has 2 heterocycles. The molecule has 0 spiro atoms. The van der Waals surface area contributed by atoms with Crippen molar-refractivity contribution in [3.63, 3.8) is 0 Å². The van der Waals surface area contributed by atoms with Crippen LogP contribution in [0.2, 0.25) is 0 Å². The van der Waals surface area contributed by atoms with Crippen molar-refractivity contribution in [3.8, 4) is 5.82 Å². The lowest BCUT2D eigenvalue weighted by Gasteiger charge is -2.14. The number of aromatic nitrogens is 3. The number of pyridine rings is 1. The van der Waals surface area contributed by atoms with Gasteiger partial charge >= 0.3 is 12.2 Å². The van der Waals surface area contributed by atoms with Gasteiger partial charge in [0.1, 0.15) is 6.33 Å². The summed E-state index contributed by atoms with van der Waals surface area (Å²) in [5, 5.41) is 4.80. The fraction of sp³-hybridized carbons (Fsp3) is 0.250. The Morgan fingerprint density at radius 2 is 1.97 bits per heavy atom. The molecule has 12 heteroatoms. The monoisotopic (exact) mass is 465 g/mol. The van der Waals surface area contributed by atoms with Gasteiger partial charge in [-0.1, -0.05) is 6.07 Å². The zero-order valence-corrected chi connectivity index (χ0v) is 17.3. The van der Waals surface area contributed by atoms with Crippen molar-refractivity contribution in [1.29, 1.82) is 0 Å². The van der Waals surface area contributed by atoms with E-state index in [0.717, 1.165) is 25.0 Å². The molecule has 2 aromatic heterocycles. The third kappa shape index (κ3) is 5.07. The molecule has 1 fully saturated rings. The number of urea groups is 1. The second kappa shape index (κ2) is 8.26. The Labute approximate surface area is 181 Å². The molecule has 0 unspecified atom stereocenters. The molecular weight excluding hydrogens is 447 g/mol. The Hall–Kier alpha value is -3.41. The summed E-state index contributed by atoms with van der Waals surface area (Å²) in [6.45, 7) is 0. The summed E-state index contributed by atoms with van der Waals surface area (Å²) in [4.78, 5) is 20.5. The maximum absolute atomic E-state index is 12.9.